The molecule has 0 spiro atoms. The summed E-state index contributed by atoms with van der Waals surface area (Å²) in [5.41, 5.74) is 1.08. The van der Waals surface area contributed by atoms with Gasteiger partial charge in [0, 0.05) is 0 Å². The molecule has 0 fully saturated rings. The van der Waals surface area contributed by atoms with Crippen LogP contribution in [0.5, 0.6) is 5.75 Å². The lowest BCUT2D eigenvalue weighted by Crippen LogP contribution is -2.11. The first-order chi connectivity index (χ1) is 6.74. The SMILES string of the molecule is Cc1ccccc1OCC(C)N=C=O. The summed E-state index contributed by atoms with van der Waals surface area (Å²) in [6.45, 7) is 4.19. The molecular weight excluding hydrogens is 178 g/mol. The van der Waals surface area contributed by atoms with Crippen LogP contribution >= 0.6 is 0 Å². The van der Waals surface area contributed by atoms with Gasteiger partial charge in [-0.1, -0.05) is 18.2 Å². The predicted octanol–water partition coefficient (Wildman–Crippen LogP) is 2.10. The number of para-hydroxylation sites is 1. The molecule has 1 rings (SSSR count). The molecule has 0 radical (unpaired) electrons. The summed E-state index contributed by atoms with van der Waals surface area (Å²) < 4.78 is 5.48. The number of hydrogen-bond donors (Lipinski definition) is 0. The van der Waals surface area contributed by atoms with Gasteiger partial charge in [0.1, 0.15) is 12.4 Å². The molecule has 1 aromatic rings. The second kappa shape index (κ2) is 5.20. The van der Waals surface area contributed by atoms with E-state index in [4.69, 9.17) is 4.74 Å². The molecule has 0 aromatic heterocycles. The standard InChI is InChI=1S/C11H13NO2/c1-9-5-3-4-6-11(9)14-7-10(2)12-8-13/h3-6,10H,7H2,1-2H3. The number of carbonyl (C=O) groups excluding carboxylic acids is 1. The molecule has 0 saturated carbocycles. The van der Waals surface area contributed by atoms with Crippen LogP contribution in [0, 0.1) is 6.92 Å². The highest BCUT2D eigenvalue weighted by molar-refractivity contribution is 5.34. The second-order valence-corrected chi connectivity index (χ2v) is 3.15. The Morgan fingerprint density at radius 1 is 1.50 bits per heavy atom. The number of ether oxygens (including phenoxy) is 1. The van der Waals surface area contributed by atoms with E-state index in [2.05, 4.69) is 4.99 Å². The lowest BCUT2D eigenvalue weighted by atomic mass is 10.2. The lowest BCUT2D eigenvalue weighted by molar-refractivity contribution is 0.295. The highest BCUT2D eigenvalue weighted by Gasteiger charge is 2.01. The molecule has 1 aromatic carbocycles. The Hall–Kier alpha value is -1.60. The van der Waals surface area contributed by atoms with Crippen molar-refractivity contribution in [2.24, 2.45) is 4.99 Å². The van der Waals surface area contributed by atoms with Gasteiger partial charge in [0.05, 0.1) is 6.04 Å². The summed E-state index contributed by atoms with van der Waals surface area (Å²) in [5.74, 6) is 0.834. The molecule has 1 atom stereocenters. The van der Waals surface area contributed by atoms with Gasteiger partial charge in [0.15, 0.2) is 0 Å². The van der Waals surface area contributed by atoms with E-state index in [1.807, 2.05) is 38.1 Å². The van der Waals surface area contributed by atoms with Crippen LogP contribution in [0.2, 0.25) is 0 Å². The predicted molar refractivity (Wildman–Crippen MR) is 54.3 cm³/mol. The Morgan fingerprint density at radius 2 is 2.21 bits per heavy atom. The molecule has 0 aliphatic heterocycles. The van der Waals surface area contributed by atoms with Gasteiger partial charge in [0.25, 0.3) is 0 Å². The van der Waals surface area contributed by atoms with Crippen molar-refractivity contribution < 1.29 is 9.53 Å². The molecule has 0 heterocycles. The van der Waals surface area contributed by atoms with Crippen LogP contribution in [-0.4, -0.2) is 18.7 Å². The van der Waals surface area contributed by atoms with E-state index < -0.39 is 0 Å². The average Bonchev–Trinajstić information content (AvgIpc) is 2.17. The molecular formula is C11H13NO2. The quantitative estimate of drug-likeness (QED) is 0.540. The molecule has 1 unspecified atom stereocenters. The van der Waals surface area contributed by atoms with Crippen LogP contribution in [0.1, 0.15) is 12.5 Å². The Morgan fingerprint density at radius 3 is 2.86 bits per heavy atom. The van der Waals surface area contributed by atoms with Gasteiger partial charge in [-0.25, -0.2) is 4.79 Å². The second-order valence-electron chi connectivity index (χ2n) is 3.15. The first-order valence-electron chi connectivity index (χ1n) is 4.49. The average molecular weight is 191 g/mol. The minimum absolute atomic E-state index is 0.146. The van der Waals surface area contributed by atoms with Gasteiger partial charge in [-0.3, -0.25) is 0 Å². The van der Waals surface area contributed by atoms with Crippen molar-refractivity contribution in [1.82, 2.24) is 0 Å². The van der Waals surface area contributed by atoms with Crippen molar-refractivity contribution in [1.29, 1.82) is 0 Å². The van der Waals surface area contributed by atoms with E-state index in [0.29, 0.717) is 6.61 Å². The summed E-state index contributed by atoms with van der Waals surface area (Å²) in [7, 11) is 0. The number of isocyanates is 1. The van der Waals surface area contributed by atoms with Crippen LogP contribution < -0.4 is 4.74 Å². The molecule has 74 valence electrons. The Kier molecular flexibility index (Phi) is 3.89. The molecule has 14 heavy (non-hydrogen) atoms. The van der Waals surface area contributed by atoms with Crippen molar-refractivity contribution in [3.8, 4) is 5.75 Å². The number of hydrogen-bond acceptors (Lipinski definition) is 3. The molecule has 0 aliphatic rings. The third kappa shape index (κ3) is 3.04. The first-order valence-corrected chi connectivity index (χ1v) is 4.49. The van der Waals surface area contributed by atoms with E-state index >= 15 is 0 Å². The van der Waals surface area contributed by atoms with Crippen LogP contribution in [0.4, 0.5) is 0 Å². The number of benzene rings is 1. The maximum absolute atomic E-state index is 9.95. The van der Waals surface area contributed by atoms with Gasteiger partial charge in [0.2, 0.25) is 6.08 Å². The number of nitrogens with zero attached hydrogens (tertiary/aromatic N) is 1. The zero-order valence-corrected chi connectivity index (χ0v) is 8.36. The first kappa shape index (κ1) is 10.5. The highest BCUT2D eigenvalue weighted by atomic mass is 16.5. The monoisotopic (exact) mass is 191 g/mol. The molecule has 0 N–H and O–H groups in total. The smallest absolute Gasteiger partial charge is 0.235 e. The summed E-state index contributed by atoms with van der Waals surface area (Å²) in [5, 5.41) is 0. The van der Waals surface area contributed by atoms with Gasteiger partial charge >= 0.3 is 0 Å². The fraction of sp³-hybridized carbons (Fsp3) is 0.364. The van der Waals surface area contributed by atoms with Crippen molar-refractivity contribution in [3.05, 3.63) is 29.8 Å². The van der Waals surface area contributed by atoms with E-state index in [1.54, 1.807) is 0 Å². The zero-order chi connectivity index (χ0) is 10.4. The number of rotatable bonds is 4. The van der Waals surface area contributed by atoms with Crippen LogP contribution in [0.3, 0.4) is 0 Å². The lowest BCUT2D eigenvalue weighted by Gasteiger charge is -2.09. The topological polar surface area (TPSA) is 38.7 Å². The number of aliphatic imine (C=N–C) groups is 1. The Labute approximate surface area is 83.4 Å². The normalized spacial score (nSPS) is 11.6. The maximum Gasteiger partial charge on any atom is 0.235 e. The summed E-state index contributed by atoms with van der Waals surface area (Å²) >= 11 is 0. The maximum atomic E-state index is 9.95. The summed E-state index contributed by atoms with van der Waals surface area (Å²) in [4.78, 5) is 13.5. The summed E-state index contributed by atoms with van der Waals surface area (Å²) in [6.07, 6.45) is 1.51. The molecule has 0 bridgehead atoms. The number of aryl methyl sites for hydroxylation is 1. The Balaban J connectivity index is 2.53. The van der Waals surface area contributed by atoms with Gasteiger partial charge in [-0.05, 0) is 25.5 Å². The van der Waals surface area contributed by atoms with Crippen LogP contribution in [-0.2, 0) is 4.79 Å². The largest absolute Gasteiger partial charge is 0.491 e. The Bertz CT molecular complexity index is 343. The van der Waals surface area contributed by atoms with Crippen LogP contribution in [0.25, 0.3) is 0 Å². The molecule has 3 nitrogen and oxygen atoms in total. The molecule has 0 aliphatic carbocycles. The van der Waals surface area contributed by atoms with Crippen molar-refractivity contribution in [2.75, 3.05) is 6.61 Å². The van der Waals surface area contributed by atoms with E-state index in [9.17, 15) is 4.79 Å². The highest BCUT2D eigenvalue weighted by Crippen LogP contribution is 2.16. The van der Waals surface area contributed by atoms with E-state index in [0.717, 1.165) is 11.3 Å². The van der Waals surface area contributed by atoms with Crippen LogP contribution in [0.15, 0.2) is 29.3 Å². The van der Waals surface area contributed by atoms with E-state index in [1.165, 1.54) is 6.08 Å². The molecule has 0 saturated heterocycles. The fourth-order valence-corrected chi connectivity index (χ4v) is 1.06. The van der Waals surface area contributed by atoms with Gasteiger partial charge in [-0.15, -0.1) is 0 Å². The van der Waals surface area contributed by atoms with Crippen molar-refractivity contribution in [3.63, 3.8) is 0 Å². The van der Waals surface area contributed by atoms with Gasteiger partial charge in [-0.2, -0.15) is 4.99 Å². The third-order valence-corrected chi connectivity index (χ3v) is 1.85. The summed E-state index contributed by atoms with van der Waals surface area (Å²) in [6, 6.07) is 7.59. The van der Waals surface area contributed by atoms with Gasteiger partial charge < -0.3 is 4.74 Å². The molecule has 0 amide bonds. The van der Waals surface area contributed by atoms with Crippen molar-refractivity contribution in [2.45, 2.75) is 19.9 Å². The van der Waals surface area contributed by atoms with Crippen molar-refractivity contribution >= 4 is 6.08 Å². The molecule has 3 heteroatoms. The zero-order valence-electron chi connectivity index (χ0n) is 8.36. The van der Waals surface area contributed by atoms with E-state index in [-0.39, 0.29) is 6.04 Å². The third-order valence-electron chi connectivity index (χ3n) is 1.85. The fourth-order valence-electron chi connectivity index (χ4n) is 1.06. The minimum Gasteiger partial charge on any atom is -0.491 e. The minimum atomic E-state index is -0.146.